The molecule has 6 heteroatoms. The van der Waals surface area contributed by atoms with E-state index in [1.807, 2.05) is 0 Å². The van der Waals surface area contributed by atoms with E-state index in [0.717, 1.165) is 0 Å². The first-order chi connectivity index (χ1) is 7.67. The van der Waals surface area contributed by atoms with Crippen molar-refractivity contribution < 1.29 is 24.3 Å². The molecule has 0 bridgehead atoms. The Hall–Kier alpha value is -1.08. The van der Waals surface area contributed by atoms with E-state index in [2.05, 4.69) is 0 Å². The van der Waals surface area contributed by atoms with E-state index in [4.69, 9.17) is 24.3 Å². The van der Waals surface area contributed by atoms with Gasteiger partial charge in [0.15, 0.2) is 6.29 Å². The topological polar surface area (TPSA) is 68.2 Å². The van der Waals surface area contributed by atoms with Gasteiger partial charge < -0.3 is 24.3 Å². The molecule has 1 rings (SSSR count). The predicted octanol–water partition coefficient (Wildman–Crippen LogP) is -0.636. The third-order valence-corrected chi connectivity index (χ3v) is 2.07. The summed E-state index contributed by atoms with van der Waals surface area (Å²) >= 11 is 0. The molecule has 2 N–H and O–H groups in total. The van der Waals surface area contributed by atoms with E-state index in [-0.39, 0.29) is 6.61 Å². The Morgan fingerprint density at radius 3 is 2.50 bits per heavy atom. The zero-order chi connectivity index (χ0) is 12.0. The van der Waals surface area contributed by atoms with Crippen molar-refractivity contribution in [2.24, 2.45) is 0 Å². The lowest BCUT2D eigenvalue weighted by molar-refractivity contribution is -0.121. The van der Waals surface area contributed by atoms with Crippen LogP contribution in [0.1, 0.15) is 0 Å². The van der Waals surface area contributed by atoms with Gasteiger partial charge in [0, 0.05) is 14.2 Å². The van der Waals surface area contributed by atoms with Crippen LogP contribution in [-0.4, -0.2) is 44.3 Å². The van der Waals surface area contributed by atoms with Crippen molar-refractivity contribution in [3.63, 3.8) is 0 Å². The van der Waals surface area contributed by atoms with Gasteiger partial charge in [0.25, 0.3) is 0 Å². The molecule has 0 atom stereocenters. The maximum atomic E-state index is 8.97. The van der Waals surface area contributed by atoms with Crippen molar-refractivity contribution in [2.45, 2.75) is 6.29 Å². The van der Waals surface area contributed by atoms with Crippen LogP contribution in [0.4, 0.5) is 0 Å². The number of methoxy groups -OCH3 is 2. The van der Waals surface area contributed by atoms with E-state index < -0.39 is 13.4 Å². The standard InChI is InChI=1S/C10H15BO5/c1-14-10(15-2)7-16-9-5-3-4-8(6-9)11(12)13/h3-6,10,12-13H,7H2,1-2H3. The van der Waals surface area contributed by atoms with Crippen LogP contribution in [0.15, 0.2) is 24.3 Å². The molecule has 16 heavy (non-hydrogen) atoms. The van der Waals surface area contributed by atoms with E-state index in [9.17, 15) is 0 Å². The Kier molecular flexibility index (Phi) is 5.27. The zero-order valence-corrected chi connectivity index (χ0v) is 9.29. The van der Waals surface area contributed by atoms with Crippen molar-refractivity contribution in [3.8, 4) is 5.75 Å². The van der Waals surface area contributed by atoms with E-state index >= 15 is 0 Å². The normalized spacial score (nSPS) is 10.6. The number of hydrogen-bond acceptors (Lipinski definition) is 5. The summed E-state index contributed by atoms with van der Waals surface area (Å²) in [7, 11) is 1.54. The van der Waals surface area contributed by atoms with Crippen molar-refractivity contribution in [2.75, 3.05) is 20.8 Å². The van der Waals surface area contributed by atoms with Gasteiger partial charge in [-0.2, -0.15) is 0 Å². The van der Waals surface area contributed by atoms with Gasteiger partial charge in [-0.25, -0.2) is 0 Å². The number of rotatable bonds is 6. The highest BCUT2D eigenvalue weighted by Crippen LogP contribution is 2.08. The summed E-state index contributed by atoms with van der Waals surface area (Å²) in [6, 6.07) is 6.54. The fourth-order valence-electron chi connectivity index (χ4n) is 1.16. The molecule has 0 aromatic heterocycles. The van der Waals surface area contributed by atoms with Crippen LogP contribution in [0.25, 0.3) is 0 Å². The third-order valence-electron chi connectivity index (χ3n) is 2.07. The molecule has 0 heterocycles. The van der Waals surface area contributed by atoms with Gasteiger partial charge in [-0.1, -0.05) is 12.1 Å². The molecule has 1 aromatic carbocycles. The van der Waals surface area contributed by atoms with Crippen LogP contribution in [0.2, 0.25) is 0 Å². The van der Waals surface area contributed by atoms with Crippen LogP contribution >= 0.6 is 0 Å². The fourth-order valence-corrected chi connectivity index (χ4v) is 1.16. The van der Waals surface area contributed by atoms with Crippen LogP contribution in [0.5, 0.6) is 5.75 Å². The largest absolute Gasteiger partial charge is 0.488 e. The SMILES string of the molecule is COC(COc1cccc(B(O)O)c1)OC. The second-order valence-electron chi connectivity index (χ2n) is 3.16. The molecule has 88 valence electrons. The lowest BCUT2D eigenvalue weighted by atomic mass is 9.80. The minimum absolute atomic E-state index is 0.234. The Bertz CT molecular complexity index is 314. The molecule has 0 radical (unpaired) electrons. The van der Waals surface area contributed by atoms with Crippen LogP contribution in [0, 0.1) is 0 Å². The zero-order valence-electron chi connectivity index (χ0n) is 9.29. The van der Waals surface area contributed by atoms with E-state index in [1.54, 1.807) is 24.3 Å². The lowest BCUT2D eigenvalue weighted by Crippen LogP contribution is -2.30. The second-order valence-corrected chi connectivity index (χ2v) is 3.16. The Morgan fingerprint density at radius 1 is 1.25 bits per heavy atom. The average molecular weight is 226 g/mol. The fraction of sp³-hybridized carbons (Fsp3) is 0.400. The average Bonchev–Trinajstić information content (AvgIpc) is 2.31. The molecule has 0 saturated heterocycles. The molecular formula is C10H15BO5. The van der Waals surface area contributed by atoms with Gasteiger partial charge in [0.2, 0.25) is 0 Å². The lowest BCUT2D eigenvalue weighted by Gasteiger charge is -2.14. The van der Waals surface area contributed by atoms with Crippen molar-refractivity contribution in [3.05, 3.63) is 24.3 Å². The molecule has 0 amide bonds. The summed E-state index contributed by atoms with van der Waals surface area (Å²) in [4.78, 5) is 0. The molecular weight excluding hydrogens is 211 g/mol. The summed E-state index contributed by atoms with van der Waals surface area (Å²) < 4.78 is 15.3. The summed E-state index contributed by atoms with van der Waals surface area (Å²) in [6.45, 7) is 0.234. The summed E-state index contributed by atoms with van der Waals surface area (Å²) in [5.41, 5.74) is 0.379. The maximum Gasteiger partial charge on any atom is 0.488 e. The van der Waals surface area contributed by atoms with E-state index in [1.165, 1.54) is 14.2 Å². The summed E-state index contributed by atoms with van der Waals surface area (Å²) in [5.74, 6) is 0.532. The smallest absolute Gasteiger partial charge is 0.488 e. The van der Waals surface area contributed by atoms with Crippen molar-refractivity contribution in [1.82, 2.24) is 0 Å². The third kappa shape index (κ3) is 3.82. The van der Waals surface area contributed by atoms with Gasteiger partial charge in [0.1, 0.15) is 12.4 Å². The minimum Gasteiger partial charge on any atom is -0.488 e. The molecule has 0 spiro atoms. The molecule has 5 nitrogen and oxygen atoms in total. The molecule has 0 aliphatic carbocycles. The van der Waals surface area contributed by atoms with Crippen LogP contribution < -0.4 is 10.2 Å². The van der Waals surface area contributed by atoms with Crippen LogP contribution in [0.3, 0.4) is 0 Å². The molecule has 0 saturated carbocycles. The van der Waals surface area contributed by atoms with Crippen molar-refractivity contribution >= 4 is 12.6 Å². The van der Waals surface area contributed by atoms with Gasteiger partial charge in [-0.05, 0) is 17.6 Å². The molecule has 0 unspecified atom stereocenters. The monoisotopic (exact) mass is 226 g/mol. The van der Waals surface area contributed by atoms with Gasteiger partial charge in [-0.3, -0.25) is 0 Å². The molecule has 0 fully saturated rings. The minimum atomic E-state index is -1.50. The predicted molar refractivity (Wildman–Crippen MR) is 59.6 cm³/mol. The Balaban J connectivity index is 2.56. The van der Waals surface area contributed by atoms with Crippen LogP contribution in [-0.2, 0) is 9.47 Å². The van der Waals surface area contributed by atoms with E-state index in [0.29, 0.717) is 11.2 Å². The Labute approximate surface area is 94.7 Å². The highest BCUT2D eigenvalue weighted by molar-refractivity contribution is 6.58. The summed E-state index contributed by atoms with van der Waals surface area (Å²) in [5, 5.41) is 17.9. The highest BCUT2D eigenvalue weighted by atomic mass is 16.7. The first kappa shape index (κ1) is 13.0. The molecule has 0 aliphatic heterocycles. The molecule has 1 aromatic rings. The number of benzene rings is 1. The van der Waals surface area contributed by atoms with Gasteiger partial charge >= 0.3 is 7.12 Å². The summed E-state index contributed by atoms with van der Waals surface area (Å²) in [6.07, 6.45) is -0.442. The van der Waals surface area contributed by atoms with Crippen molar-refractivity contribution in [1.29, 1.82) is 0 Å². The quantitative estimate of drug-likeness (QED) is 0.499. The highest BCUT2D eigenvalue weighted by Gasteiger charge is 2.12. The second kappa shape index (κ2) is 6.50. The van der Waals surface area contributed by atoms with Gasteiger partial charge in [0.05, 0.1) is 0 Å². The first-order valence-electron chi connectivity index (χ1n) is 4.82. The number of ether oxygens (including phenoxy) is 3. The first-order valence-corrected chi connectivity index (χ1v) is 4.82. The maximum absolute atomic E-state index is 8.97. The Morgan fingerprint density at radius 2 is 1.94 bits per heavy atom. The molecule has 0 aliphatic rings. The van der Waals surface area contributed by atoms with Gasteiger partial charge in [-0.15, -0.1) is 0 Å². The number of hydrogen-bond donors (Lipinski definition) is 2.